The molecule has 0 atom stereocenters. The van der Waals surface area contributed by atoms with Crippen LogP contribution in [0, 0.1) is 0 Å². The van der Waals surface area contributed by atoms with Crippen LogP contribution in [0.4, 0.5) is 0 Å². The molecule has 5 heteroatoms. The van der Waals surface area contributed by atoms with Crippen molar-refractivity contribution in [2.45, 2.75) is 39.2 Å². The normalized spacial score (nSPS) is 15.9. The molecule has 0 spiro atoms. The van der Waals surface area contributed by atoms with E-state index in [1.54, 1.807) is 7.05 Å². The van der Waals surface area contributed by atoms with Crippen molar-refractivity contribution in [1.29, 1.82) is 0 Å². The van der Waals surface area contributed by atoms with Crippen LogP contribution in [-0.4, -0.2) is 60.4 Å². The van der Waals surface area contributed by atoms with E-state index in [1.165, 1.54) is 4.90 Å². The lowest BCUT2D eigenvalue weighted by atomic mass is 10.0. The maximum absolute atomic E-state index is 12.2. The highest BCUT2D eigenvalue weighted by molar-refractivity contribution is 5.89. The maximum atomic E-state index is 12.2. The molecular formula is C13H25N3O2. The van der Waals surface area contributed by atoms with E-state index in [0.717, 1.165) is 32.5 Å². The predicted octanol–water partition coefficient (Wildman–Crippen LogP) is 0.455. The summed E-state index contributed by atoms with van der Waals surface area (Å²) in [4.78, 5) is 27.5. The molecule has 18 heavy (non-hydrogen) atoms. The third-order valence-corrected chi connectivity index (χ3v) is 3.33. The highest BCUT2D eigenvalue weighted by Crippen LogP contribution is 2.10. The zero-order valence-electron chi connectivity index (χ0n) is 12.0. The van der Waals surface area contributed by atoms with Crippen molar-refractivity contribution in [2.24, 2.45) is 0 Å². The van der Waals surface area contributed by atoms with Crippen LogP contribution in [-0.2, 0) is 9.59 Å². The Kier molecular flexibility index (Phi) is 5.14. The number of nitrogens with zero attached hydrogens (tertiary/aromatic N) is 2. The van der Waals surface area contributed by atoms with Crippen molar-refractivity contribution in [3.8, 4) is 0 Å². The molecule has 0 bridgehead atoms. The average Bonchev–Trinajstić information content (AvgIpc) is 2.81. The lowest BCUT2D eigenvalue weighted by molar-refractivity contribution is -0.142. The first kappa shape index (κ1) is 15.0. The zero-order chi connectivity index (χ0) is 13.8. The Balaban J connectivity index is 2.51. The molecule has 2 amide bonds. The fraction of sp³-hybridized carbons (Fsp3) is 0.846. The van der Waals surface area contributed by atoms with Crippen LogP contribution in [0.1, 0.15) is 33.6 Å². The quantitative estimate of drug-likeness (QED) is 0.776. The van der Waals surface area contributed by atoms with Gasteiger partial charge >= 0.3 is 0 Å². The summed E-state index contributed by atoms with van der Waals surface area (Å²) in [6.45, 7) is 8.21. The summed E-state index contributed by atoms with van der Waals surface area (Å²) >= 11 is 0. The Labute approximate surface area is 110 Å². The standard InChI is InChI=1S/C13H25N3O2/c1-5-14-13(2,3)12(18)15(4)10-11(17)16-8-6-7-9-16/h14H,5-10H2,1-4H3. The highest BCUT2D eigenvalue weighted by atomic mass is 16.2. The zero-order valence-corrected chi connectivity index (χ0v) is 12.0. The van der Waals surface area contributed by atoms with Gasteiger partial charge in [-0.25, -0.2) is 0 Å². The summed E-state index contributed by atoms with van der Waals surface area (Å²) in [7, 11) is 1.69. The maximum Gasteiger partial charge on any atom is 0.242 e. The first-order valence-electron chi connectivity index (χ1n) is 6.67. The van der Waals surface area contributed by atoms with E-state index in [1.807, 2.05) is 25.7 Å². The average molecular weight is 255 g/mol. The first-order chi connectivity index (χ1) is 8.38. The summed E-state index contributed by atoms with van der Waals surface area (Å²) in [5.41, 5.74) is -0.616. The summed E-state index contributed by atoms with van der Waals surface area (Å²) in [5.74, 6) is 0.00699. The first-order valence-corrected chi connectivity index (χ1v) is 6.67. The minimum absolute atomic E-state index is 0.0445. The summed E-state index contributed by atoms with van der Waals surface area (Å²) in [6, 6.07) is 0. The Bertz CT molecular complexity index is 309. The van der Waals surface area contributed by atoms with Crippen molar-refractivity contribution in [3.63, 3.8) is 0 Å². The summed E-state index contributed by atoms with van der Waals surface area (Å²) in [6.07, 6.45) is 2.15. The van der Waals surface area contributed by atoms with E-state index < -0.39 is 5.54 Å². The van der Waals surface area contributed by atoms with E-state index >= 15 is 0 Å². The largest absolute Gasteiger partial charge is 0.341 e. The molecule has 104 valence electrons. The van der Waals surface area contributed by atoms with Crippen LogP contribution in [0.5, 0.6) is 0 Å². The minimum atomic E-state index is -0.616. The van der Waals surface area contributed by atoms with Crippen LogP contribution >= 0.6 is 0 Å². The molecule has 0 aliphatic carbocycles. The predicted molar refractivity (Wildman–Crippen MR) is 71.2 cm³/mol. The number of nitrogens with one attached hydrogen (secondary N) is 1. The lowest BCUT2D eigenvalue weighted by Gasteiger charge is -2.30. The fourth-order valence-corrected chi connectivity index (χ4v) is 2.34. The number of rotatable bonds is 5. The number of likely N-dealkylation sites (tertiary alicyclic amines) is 1. The molecule has 5 nitrogen and oxygen atoms in total. The Morgan fingerprint density at radius 2 is 1.83 bits per heavy atom. The number of hydrogen-bond acceptors (Lipinski definition) is 3. The van der Waals surface area contributed by atoms with Gasteiger partial charge in [-0.15, -0.1) is 0 Å². The molecule has 1 fully saturated rings. The van der Waals surface area contributed by atoms with E-state index in [-0.39, 0.29) is 18.4 Å². The van der Waals surface area contributed by atoms with Crippen LogP contribution in [0.25, 0.3) is 0 Å². The number of likely N-dealkylation sites (N-methyl/N-ethyl adjacent to an activating group) is 2. The fourth-order valence-electron chi connectivity index (χ4n) is 2.34. The second kappa shape index (κ2) is 6.18. The van der Waals surface area contributed by atoms with Gasteiger partial charge in [-0.2, -0.15) is 0 Å². The van der Waals surface area contributed by atoms with Crippen molar-refractivity contribution >= 4 is 11.8 Å². The Morgan fingerprint density at radius 1 is 1.28 bits per heavy atom. The molecule has 1 aliphatic rings. The molecule has 1 N–H and O–H groups in total. The number of carbonyl (C=O) groups is 2. The van der Waals surface area contributed by atoms with Crippen LogP contribution in [0.15, 0.2) is 0 Å². The molecule has 0 radical (unpaired) electrons. The third-order valence-electron chi connectivity index (χ3n) is 3.33. The second-order valence-electron chi connectivity index (χ2n) is 5.40. The van der Waals surface area contributed by atoms with E-state index in [0.29, 0.717) is 0 Å². The Morgan fingerprint density at radius 3 is 2.33 bits per heavy atom. The van der Waals surface area contributed by atoms with Crippen LogP contribution < -0.4 is 5.32 Å². The van der Waals surface area contributed by atoms with E-state index in [9.17, 15) is 9.59 Å². The third kappa shape index (κ3) is 3.70. The summed E-state index contributed by atoms with van der Waals surface area (Å²) < 4.78 is 0. The van der Waals surface area contributed by atoms with Gasteiger partial charge in [0, 0.05) is 20.1 Å². The van der Waals surface area contributed by atoms with Crippen LogP contribution in [0.2, 0.25) is 0 Å². The number of amides is 2. The second-order valence-corrected chi connectivity index (χ2v) is 5.40. The van der Waals surface area contributed by atoms with E-state index in [2.05, 4.69) is 5.32 Å². The molecule has 1 saturated heterocycles. The van der Waals surface area contributed by atoms with Gasteiger partial charge < -0.3 is 15.1 Å². The Hall–Kier alpha value is -1.10. The van der Waals surface area contributed by atoms with Gasteiger partial charge in [-0.05, 0) is 33.2 Å². The van der Waals surface area contributed by atoms with Crippen LogP contribution in [0.3, 0.4) is 0 Å². The van der Waals surface area contributed by atoms with Crippen molar-refractivity contribution in [1.82, 2.24) is 15.1 Å². The molecule has 1 aliphatic heterocycles. The molecule has 0 aromatic carbocycles. The van der Waals surface area contributed by atoms with Gasteiger partial charge in [0.1, 0.15) is 0 Å². The van der Waals surface area contributed by atoms with Crippen molar-refractivity contribution in [2.75, 3.05) is 33.2 Å². The smallest absolute Gasteiger partial charge is 0.242 e. The minimum Gasteiger partial charge on any atom is -0.341 e. The highest BCUT2D eigenvalue weighted by Gasteiger charge is 2.31. The molecule has 0 aromatic rings. The van der Waals surface area contributed by atoms with Gasteiger partial charge in [0.05, 0.1) is 12.1 Å². The number of hydrogen-bond donors (Lipinski definition) is 1. The van der Waals surface area contributed by atoms with Gasteiger partial charge in [0.2, 0.25) is 11.8 Å². The summed E-state index contributed by atoms with van der Waals surface area (Å²) in [5, 5.41) is 3.13. The van der Waals surface area contributed by atoms with Gasteiger partial charge in [0.25, 0.3) is 0 Å². The van der Waals surface area contributed by atoms with Gasteiger partial charge in [-0.3, -0.25) is 9.59 Å². The topological polar surface area (TPSA) is 52.7 Å². The van der Waals surface area contributed by atoms with Gasteiger partial charge in [0.15, 0.2) is 0 Å². The molecule has 1 rings (SSSR count). The van der Waals surface area contributed by atoms with Gasteiger partial charge in [-0.1, -0.05) is 6.92 Å². The molecular weight excluding hydrogens is 230 g/mol. The molecule has 1 heterocycles. The monoisotopic (exact) mass is 255 g/mol. The molecule has 0 saturated carbocycles. The van der Waals surface area contributed by atoms with E-state index in [4.69, 9.17) is 0 Å². The number of carbonyl (C=O) groups excluding carboxylic acids is 2. The lowest BCUT2D eigenvalue weighted by Crippen LogP contribution is -2.54. The van der Waals surface area contributed by atoms with Crippen molar-refractivity contribution in [3.05, 3.63) is 0 Å². The molecule has 0 aromatic heterocycles. The SMILES string of the molecule is CCNC(C)(C)C(=O)N(C)CC(=O)N1CCCC1. The molecule has 0 unspecified atom stereocenters. The van der Waals surface area contributed by atoms with Crippen molar-refractivity contribution < 1.29 is 9.59 Å².